The van der Waals surface area contributed by atoms with Crippen LogP contribution in [-0.4, -0.2) is 31.6 Å². The van der Waals surface area contributed by atoms with Gasteiger partial charge in [-0.15, -0.1) is 11.8 Å². The summed E-state index contributed by atoms with van der Waals surface area (Å²) in [5.41, 5.74) is 0. The maximum absolute atomic E-state index is 5.59. The number of hydrogen-bond donors (Lipinski definition) is 1. The third-order valence-electron chi connectivity index (χ3n) is 2.95. The molecule has 1 aromatic carbocycles. The fraction of sp³-hybridized carbons (Fsp3) is 0.571. The molecule has 2 rings (SSSR count). The lowest BCUT2D eigenvalue weighted by Crippen LogP contribution is -2.30. The Hall–Kier alpha value is -0.870. The summed E-state index contributed by atoms with van der Waals surface area (Å²) in [5, 5.41) is 3.49. The van der Waals surface area contributed by atoms with Crippen molar-refractivity contribution in [3.8, 4) is 11.5 Å². The van der Waals surface area contributed by atoms with Crippen molar-refractivity contribution in [1.29, 1.82) is 0 Å². The molecule has 1 atom stereocenters. The van der Waals surface area contributed by atoms with Crippen molar-refractivity contribution in [2.45, 2.75) is 31.2 Å². The second-order valence-electron chi connectivity index (χ2n) is 4.28. The zero-order valence-electron chi connectivity index (χ0n) is 11.1. The molecule has 1 aromatic rings. The van der Waals surface area contributed by atoms with Gasteiger partial charge in [0.1, 0.15) is 13.2 Å². The molecule has 0 radical (unpaired) electrons. The molecule has 100 valence electrons. The highest BCUT2D eigenvalue weighted by molar-refractivity contribution is 7.99. The van der Waals surface area contributed by atoms with E-state index in [0.29, 0.717) is 19.3 Å². The van der Waals surface area contributed by atoms with Crippen LogP contribution < -0.4 is 14.8 Å². The summed E-state index contributed by atoms with van der Waals surface area (Å²) in [6, 6.07) is 6.77. The molecule has 0 aliphatic carbocycles. The normalized spacial score (nSPS) is 15.4. The molecule has 0 aromatic heterocycles. The fourth-order valence-corrected chi connectivity index (χ4v) is 3.02. The van der Waals surface area contributed by atoms with Crippen LogP contribution in [-0.2, 0) is 0 Å². The summed E-state index contributed by atoms with van der Waals surface area (Å²) in [6.07, 6.45) is 1.16. The number of nitrogens with one attached hydrogen (secondary N) is 1. The van der Waals surface area contributed by atoms with Gasteiger partial charge in [-0.3, -0.25) is 0 Å². The Balaban J connectivity index is 1.93. The average molecular weight is 267 g/mol. The van der Waals surface area contributed by atoms with Gasteiger partial charge in [0, 0.05) is 16.7 Å². The summed E-state index contributed by atoms with van der Waals surface area (Å²) in [5.74, 6) is 2.83. The Kier molecular flexibility index (Phi) is 5.20. The van der Waals surface area contributed by atoms with Crippen LogP contribution in [0.3, 0.4) is 0 Å². The SMILES string of the molecule is CCNC(CC)CSc1ccc2c(c1)OCCO2. The van der Waals surface area contributed by atoms with E-state index in [-0.39, 0.29) is 0 Å². The first-order chi connectivity index (χ1) is 8.83. The summed E-state index contributed by atoms with van der Waals surface area (Å²) >= 11 is 1.87. The summed E-state index contributed by atoms with van der Waals surface area (Å²) in [4.78, 5) is 1.25. The lowest BCUT2D eigenvalue weighted by molar-refractivity contribution is 0.171. The van der Waals surface area contributed by atoms with Crippen LogP contribution in [0.2, 0.25) is 0 Å². The molecule has 0 spiro atoms. The first-order valence-electron chi connectivity index (χ1n) is 6.59. The Bertz CT molecular complexity index is 384. The smallest absolute Gasteiger partial charge is 0.162 e. The minimum Gasteiger partial charge on any atom is -0.486 e. The molecule has 1 N–H and O–H groups in total. The van der Waals surface area contributed by atoms with Gasteiger partial charge in [0.15, 0.2) is 11.5 Å². The number of thioether (sulfide) groups is 1. The van der Waals surface area contributed by atoms with E-state index >= 15 is 0 Å². The lowest BCUT2D eigenvalue weighted by Gasteiger charge is -2.19. The molecule has 0 bridgehead atoms. The first kappa shape index (κ1) is 13.6. The van der Waals surface area contributed by atoms with Gasteiger partial charge in [-0.05, 0) is 31.2 Å². The van der Waals surface area contributed by atoms with Gasteiger partial charge in [0.2, 0.25) is 0 Å². The van der Waals surface area contributed by atoms with Gasteiger partial charge in [-0.25, -0.2) is 0 Å². The Labute approximate surface area is 113 Å². The second-order valence-corrected chi connectivity index (χ2v) is 5.37. The van der Waals surface area contributed by atoms with E-state index < -0.39 is 0 Å². The highest BCUT2D eigenvalue weighted by Crippen LogP contribution is 2.34. The minimum atomic E-state index is 0.577. The lowest BCUT2D eigenvalue weighted by atomic mass is 10.2. The summed E-state index contributed by atoms with van der Waals surface area (Å²) in [6.45, 7) is 6.70. The molecule has 1 aliphatic rings. The summed E-state index contributed by atoms with van der Waals surface area (Å²) in [7, 11) is 0. The maximum Gasteiger partial charge on any atom is 0.162 e. The fourth-order valence-electron chi connectivity index (χ4n) is 1.92. The number of benzene rings is 1. The Morgan fingerprint density at radius 3 is 2.72 bits per heavy atom. The second kappa shape index (κ2) is 6.90. The predicted octanol–water partition coefficient (Wildman–Crippen LogP) is 2.94. The molecule has 18 heavy (non-hydrogen) atoms. The molecule has 4 heteroatoms. The van der Waals surface area contributed by atoms with Gasteiger partial charge in [-0.2, -0.15) is 0 Å². The Morgan fingerprint density at radius 2 is 2.00 bits per heavy atom. The largest absolute Gasteiger partial charge is 0.486 e. The van der Waals surface area contributed by atoms with E-state index in [4.69, 9.17) is 9.47 Å². The van der Waals surface area contributed by atoms with Gasteiger partial charge < -0.3 is 14.8 Å². The molecule has 0 saturated heterocycles. The average Bonchev–Trinajstić information content (AvgIpc) is 2.43. The number of fused-ring (bicyclic) bond motifs is 1. The topological polar surface area (TPSA) is 30.5 Å². The Morgan fingerprint density at radius 1 is 1.22 bits per heavy atom. The van der Waals surface area contributed by atoms with Crippen LogP contribution in [0.4, 0.5) is 0 Å². The van der Waals surface area contributed by atoms with Crippen molar-refractivity contribution in [3.05, 3.63) is 18.2 Å². The van der Waals surface area contributed by atoms with Crippen LogP contribution in [0.1, 0.15) is 20.3 Å². The first-order valence-corrected chi connectivity index (χ1v) is 7.57. The van der Waals surface area contributed by atoms with Crippen molar-refractivity contribution in [2.75, 3.05) is 25.5 Å². The molecular weight excluding hydrogens is 246 g/mol. The van der Waals surface area contributed by atoms with Gasteiger partial charge >= 0.3 is 0 Å². The van der Waals surface area contributed by atoms with Crippen LogP contribution in [0.5, 0.6) is 11.5 Å². The minimum absolute atomic E-state index is 0.577. The van der Waals surface area contributed by atoms with E-state index in [1.807, 2.05) is 17.8 Å². The number of hydrogen-bond acceptors (Lipinski definition) is 4. The molecule has 3 nitrogen and oxygen atoms in total. The zero-order valence-corrected chi connectivity index (χ0v) is 11.9. The van der Waals surface area contributed by atoms with Gasteiger partial charge in [-0.1, -0.05) is 13.8 Å². The van der Waals surface area contributed by atoms with Crippen molar-refractivity contribution < 1.29 is 9.47 Å². The number of rotatable bonds is 6. The van der Waals surface area contributed by atoms with Crippen LogP contribution in [0, 0.1) is 0 Å². The van der Waals surface area contributed by atoms with E-state index in [0.717, 1.165) is 30.2 Å². The molecule has 1 aliphatic heterocycles. The maximum atomic E-state index is 5.59. The highest BCUT2D eigenvalue weighted by Gasteiger charge is 2.12. The van der Waals surface area contributed by atoms with E-state index in [9.17, 15) is 0 Å². The van der Waals surface area contributed by atoms with Crippen LogP contribution in [0.15, 0.2) is 23.1 Å². The third kappa shape index (κ3) is 3.56. The van der Waals surface area contributed by atoms with Crippen LogP contribution in [0.25, 0.3) is 0 Å². The van der Waals surface area contributed by atoms with Crippen molar-refractivity contribution >= 4 is 11.8 Å². The van der Waals surface area contributed by atoms with Crippen molar-refractivity contribution in [3.63, 3.8) is 0 Å². The quantitative estimate of drug-likeness (QED) is 0.803. The van der Waals surface area contributed by atoms with Crippen LogP contribution >= 0.6 is 11.8 Å². The van der Waals surface area contributed by atoms with E-state index in [2.05, 4.69) is 31.3 Å². The van der Waals surface area contributed by atoms with Crippen molar-refractivity contribution in [2.24, 2.45) is 0 Å². The van der Waals surface area contributed by atoms with Gasteiger partial charge in [0.05, 0.1) is 0 Å². The zero-order chi connectivity index (χ0) is 12.8. The van der Waals surface area contributed by atoms with E-state index in [1.54, 1.807) is 0 Å². The highest BCUT2D eigenvalue weighted by atomic mass is 32.2. The third-order valence-corrected chi connectivity index (χ3v) is 4.11. The van der Waals surface area contributed by atoms with Gasteiger partial charge in [0.25, 0.3) is 0 Å². The monoisotopic (exact) mass is 267 g/mol. The summed E-state index contributed by atoms with van der Waals surface area (Å²) < 4.78 is 11.1. The van der Waals surface area contributed by atoms with Crippen molar-refractivity contribution in [1.82, 2.24) is 5.32 Å². The molecule has 0 amide bonds. The standard InChI is InChI=1S/C14H21NO2S/c1-3-11(15-4-2)10-18-12-5-6-13-14(9-12)17-8-7-16-13/h5-6,9,11,15H,3-4,7-8,10H2,1-2H3. The molecule has 1 heterocycles. The van der Waals surface area contributed by atoms with E-state index in [1.165, 1.54) is 4.90 Å². The molecule has 1 unspecified atom stereocenters. The molecule has 0 fully saturated rings. The molecule has 0 saturated carbocycles. The number of ether oxygens (including phenoxy) is 2. The predicted molar refractivity (Wildman–Crippen MR) is 75.9 cm³/mol. The molecular formula is C14H21NO2S.